The highest BCUT2D eigenvalue weighted by Crippen LogP contribution is 2.11. The van der Waals surface area contributed by atoms with Crippen LogP contribution in [0.4, 0.5) is 0 Å². The number of rotatable bonds is 40. The third-order valence-corrected chi connectivity index (χ3v) is 11.0. The van der Waals surface area contributed by atoms with Crippen LogP contribution in [0, 0.1) is 0 Å². The first-order chi connectivity index (χ1) is 31.0. The van der Waals surface area contributed by atoms with Crippen molar-refractivity contribution in [3.05, 3.63) is 24.3 Å². The van der Waals surface area contributed by atoms with Crippen LogP contribution >= 0.6 is 0 Å². The summed E-state index contributed by atoms with van der Waals surface area (Å²) < 4.78 is 9.38. The molecule has 0 heterocycles. The lowest BCUT2D eigenvalue weighted by Crippen LogP contribution is -2.14. The van der Waals surface area contributed by atoms with Gasteiger partial charge in [0.05, 0.1) is 0 Å². The fourth-order valence-corrected chi connectivity index (χ4v) is 6.55. The largest absolute Gasteiger partial charge is 0.459 e. The Bertz CT molecular complexity index is 673. The molecule has 0 atom stereocenters. The average molecular weight is 910 g/mol. The van der Waals surface area contributed by atoms with E-state index in [1.807, 2.05) is 0 Å². The number of hydrogen-bond donors (Lipinski definition) is 0. The molecule has 0 spiro atoms. The van der Waals surface area contributed by atoms with E-state index < -0.39 is 11.9 Å². The van der Waals surface area contributed by atoms with Crippen LogP contribution in [-0.4, -0.2) is 25.2 Å². The van der Waals surface area contributed by atoms with Crippen molar-refractivity contribution in [1.29, 1.82) is 0 Å². The van der Waals surface area contributed by atoms with Gasteiger partial charge in [0.2, 0.25) is 0 Å². The first-order valence-electron chi connectivity index (χ1n) is 28.7. The maximum absolute atomic E-state index is 10.8. The molecule has 4 nitrogen and oxygen atoms in total. The van der Waals surface area contributed by atoms with Gasteiger partial charge in [-0.3, -0.25) is 0 Å². The van der Waals surface area contributed by atoms with E-state index >= 15 is 0 Å². The third-order valence-electron chi connectivity index (χ3n) is 11.0. The molecule has 0 aliphatic rings. The summed E-state index contributed by atoms with van der Waals surface area (Å²) in [5.74, 6) is -0.979. The number of unbranched alkanes of at least 4 members (excludes halogenated alkanes) is 35. The monoisotopic (exact) mass is 909 g/mol. The number of carbonyl (C=O) groups is 2. The van der Waals surface area contributed by atoms with E-state index in [4.69, 9.17) is 0 Å². The van der Waals surface area contributed by atoms with Crippen molar-refractivity contribution in [3.63, 3.8) is 0 Å². The second-order valence-electron chi connectivity index (χ2n) is 18.4. The summed E-state index contributed by atoms with van der Waals surface area (Å²) in [4.78, 5) is 21.7. The lowest BCUT2D eigenvalue weighted by Gasteiger charge is -2.05. The SMILES string of the molecule is C=C(C)C(=O)OCCOC(=O)C(=C)C.CCCCCCCCCC.CCCCCCCCCC.CCCCCCCCCC.CCCCCCCCCC.CCCCCCCCCC. The third kappa shape index (κ3) is 91.0. The molecule has 0 fully saturated rings. The maximum Gasteiger partial charge on any atom is 0.333 e. The molecule has 0 aromatic heterocycles. The van der Waals surface area contributed by atoms with E-state index in [0.29, 0.717) is 11.1 Å². The zero-order valence-electron chi connectivity index (χ0n) is 46.7. The highest BCUT2D eigenvalue weighted by molar-refractivity contribution is 5.87. The molecule has 0 saturated heterocycles. The molecule has 0 saturated carbocycles. The normalized spacial score (nSPS) is 9.94. The van der Waals surface area contributed by atoms with Gasteiger partial charge in [-0.05, 0) is 13.8 Å². The zero-order valence-corrected chi connectivity index (χ0v) is 46.7. The van der Waals surface area contributed by atoms with Crippen molar-refractivity contribution < 1.29 is 19.1 Å². The Hall–Kier alpha value is -1.58. The van der Waals surface area contributed by atoms with E-state index in [0.717, 1.165) is 0 Å². The Kier molecular flexibility index (Phi) is 87.5. The molecule has 0 aliphatic heterocycles. The fourth-order valence-electron chi connectivity index (χ4n) is 6.55. The van der Waals surface area contributed by atoms with Gasteiger partial charge >= 0.3 is 11.9 Å². The van der Waals surface area contributed by atoms with Crippen molar-refractivity contribution in [1.82, 2.24) is 0 Å². The molecule has 64 heavy (non-hydrogen) atoms. The first kappa shape index (κ1) is 74.0. The molecule has 0 bridgehead atoms. The average Bonchev–Trinajstić information content (AvgIpc) is 3.29. The summed E-state index contributed by atoms with van der Waals surface area (Å²) in [5.41, 5.74) is 0.632. The summed E-state index contributed by atoms with van der Waals surface area (Å²) in [6.07, 6.45) is 57.3. The maximum atomic E-state index is 10.8. The minimum atomic E-state index is -0.489. The van der Waals surface area contributed by atoms with Gasteiger partial charge in [0.1, 0.15) is 13.2 Å². The van der Waals surface area contributed by atoms with Gasteiger partial charge in [0.15, 0.2) is 0 Å². The van der Waals surface area contributed by atoms with Gasteiger partial charge in [-0.2, -0.15) is 0 Å². The lowest BCUT2D eigenvalue weighted by molar-refractivity contribution is -0.147. The first-order valence-corrected chi connectivity index (χ1v) is 28.7. The molecular formula is C60H124O4. The number of carbonyl (C=O) groups excluding carboxylic acids is 2. The van der Waals surface area contributed by atoms with Gasteiger partial charge in [-0.15, -0.1) is 0 Å². The van der Waals surface area contributed by atoms with Crippen LogP contribution < -0.4 is 0 Å². The molecule has 0 radical (unpaired) electrons. The molecular weight excluding hydrogens is 785 g/mol. The molecule has 0 aromatic carbocycles. The smallest absolute Gasteiger partial charge is 0.333 e. The van der Waals surface area contributed by atoms with E-state index in [1.165, 1.54) is 257 Å². The highest BCUT2D eigenvalue weighted by Gasteiger charge is 2.05. The summed E-state index contributed by atoms with van der Waals surface area (Å²) >= 11 is 0. The van der Waals surface area contributed by atoms with Gasteiger partial charge in [-0.1, -0.05) is 339 Å². The zero-order chi connectivity index (χ0) is 49.4. The Morgan fingerprint density at radius 2 is 0.359 bits per heavy atom. The van der Waals surface area contributed by atoms with Crippen LogP contribution in [-0.2, 0) is 19.1 Å². The van der Waals surface area contributed by atoms with Gasteiger partial charge in [0, 0.05) is 11.1 Å². The second kappa shape index (κ2) is 75.7. The van der Waals surface area contributed by atoms with Crippen LogP contribution in [0.3, 0.4) is 0 Å². The van der Waals surface area contributed by atoms with Gasteiger partial charge in [-0.25, -0.2) is 9.59 Å². The van der Waals surface area contributed by atoms with Crippen molar-refractivity contribution in [2.45, 2.75) is 340 Å². The molecule has 0 unspecified atom stereocenters. The quantitative estimate of drug-likeness (QED) is 0.0349. The van der Waals surface area contributed by atoms with Crippen molar-refractivity contribution in [2.75, 3.05) is 13.2 Å². The summed E-state index contributed by atoms with van der Waals surface area (Å²) in [6, 6.07) is 0. The lowest BCUT2D eigenvalue weighted by atomic mass is 10.1. The van der Waals surface area contributed by atoms with Crippen LogP contribution in [0.1, 0.15) is 340 Å². The van der Waals surface area contributed by atoms with Crippen LogP contribution in [0.15, 0.2) is 24.3 Å². The Balaban J connectivity index is -0.000000159. The number of esters is 2. The Morgan fingerprint density at radius 3 is 0.453 bits per heavy atom. The van der Waals surface area contributed by atoms with Crippen molar-refractivity contribution >= 4 is 11.9 Å². The molecule has 0 aliphatic carbocycles. The Labute approximate surface area is 406 Å². The van der Waals surface area contributed by atoms with Crippen LogP contribution in [0.5, 0.6) is 0 Å². The minimum absolute atomic E-state index is 0.0325. The van der Waals surface area contributed by atoms with Gasteiger partial charge in [0.25, 0.3) is 0 Å². The minimum Gasteiger partial charge on any atom is -0.459 e. The number of ether oxygens (including phenoxy) is 2. The molecule has 0 N–H and O–H groups in total. The number of hydrogen-bond acceptors (Lipinski definition) is 4. The predicted molar refractivity (Wildman–Crippen MR) is 293 cm³/mol. The second-order valence-corrected chi connectivity index (χ2v) is 18.4. The highest BCUT2D eigenvalue weighted by atomic mass is 16.6. The summed E-state index contributed by atoms with van der Waals surface area (Å²) in [7, 11) is 0. The van der Waals surface area contributed by atoms with Crippen LogP contribution in [0.2, 0.25) is 0 Å². The van der Waals surface area contributed by atoms with E-state index in [2.05, 4.69) is 91.9 Å². The molecule has 4 heteroatoms. The van der Waals surface area contributed by atoms with Crippen LogP contribution in [0.25, 0.3) is 0 Å². The fraction of sp³-hybridized carbons (Fsp3) is 0.900. The van der Waals surface area contributed by atoms with E-state index in [9.17, 15) is 9.59 Å². The van der Waals surface area contributed by atoms with Crippen molar-refractivity contribution in [2.24, 2.45) is 0 Å². The molecule has 388 valence electrons. The van der Waals surface area contributed by atoms with Crippen molar-refractivity contribution in [3.8, 4) is 0 Å². The van der Waals surface area contributed by atoms with Gasteiger partial charge < -0.3 is 9.47 Å². The predicted octanol–water partition coefficient (Wildman–Crippen LogP) is 22.0. The van der Waals surface area contributed by atoms with E-state index in [-0.39, 0.29) is 13.2 Å². The summed E-state index contributed by atoms with van der Waals surface area (Å²) in [5, 5.41) is 0. The topological polar surface area (TPSA) is 52.6 Å². The van der Waals surface area contributed by atoms with E-state index in [1.54, 1.807) is 13.8 Å². The summed E-state index contributed by atoms with van der Waals surface area (Å²) in [6.45, 7) is 32.7. The molecule has 0 aromatic rings. The standard InChI is InChI=1S/C10H14O4.5C10H22/c1-7(2)9(11)13-5-6-14-10(12)8(3)4;5*1-3-5-7-9-10-8-6-4-2/h1,3,5-6H2,2,4H3;5*3-10H2,1-2H3. The Morgan fingerprint density at radius 1 is 0.250 bits per heavy atom. The molecule has 0 rings (SSSR count). The molecule has 0 amide bonds.